The second-order valence-electron chi connectivity index (χ2n) is 15.0. The molecule has 2 aliphatic rings. The van der Waals surface area contributed by atoms with Crippen molar-refractivity contribution in [2.24, 2.45) is 16.6 Å². The van der Waals surface area contributed by atoms with Crippen molar-refractivity contribution in [2.75, 3.05) is 50.4 Å². The van der Waals surface area contributed by atoms with Crippen molar-refractivity contribution >= 4 is 52.4 Å². The number of ether oxygens (including phenoxy) is 2. The van der Waals surface area contributed by atoms with Crippen LogP contribution in [0.25, 0.3) is 0 Å². The quantitative estimate of drug-likeness (QED) is 0.0982. The average molecular weight is 868 g/mol. The summed E-state index contributed by atoms with van der Waals surface area (Å²) in [5, 5.41) is 34.5. The zero-order valence-corrected chi connectivity index (χ0v) is 34.3. The lowest BCUT2D eigenvalue weighted by molar-refractivity contribution is -0.137. The van der Waals surface area contributed by atoms with Crippen molar-refractivity contribution in [3.8, 4) is 17.6 Å². The number of nitrogens with two attached hydrogens (primary N) is 2. The lowest BCUT2D eigenvalue weighted by Crippen LogP contribution is -2.46. The fourth-order valence-corrected chi connectivity index (χ4v) is 7.48. The smallest absolute Gasteiger partial charge is 0.316 e. The number of amides is 4. The number of aliphatic hydroxyl groups is 2. The number of aliphatic hydroxyl groups excluding tert-OH is 2. The molecule has 4 aromatic rings. The molecule has 7 N–H and O–H groups in total. The monoisotopic (exact) mass is 866 g/mol. The van der Waals surface area contributed by atoms with E-state index in [-0.39, 0.29) is 73.6 Å². The molecule has 2 fully saturated rings. The topological polar surface area (TPSA) is 204 Å². The number of hydrogen-bond donors (Lipinski definition) is 5. The van der Waals surface area contributed by atoms with Gasteiger partial charge in [-0.1, -0.05) is 54.4 Å². The van der Waals surface area contributed by atoms with Gasteiger partial charge in [0.05, 0.1) is 35.1 Å². The number of halogens is 4. The Bertz CT molecular complexity index is 2180. The first kappa shape index (κ1) is 45.4. The number of urea groups is 1. The van der Waals surface area contributed by atoms with E-state index in [9.17, 15) is 38.6 Å². The second kappa shape index (κ2) is 20.1. The molecular weight excluding hydrogens is 821 g/mol. The molecule has 0 aromatic heterocycles. The third-order valence-corrected chi connectivity index (χ3v) is 11.4. The summed E-state index contributed by atoms with van der Waals surface area (Å²) in [4.78, 5) is 39.5. The molecule has 4 aromatic carbocycles. The minimum absolute atomic E-state index is 0.108. The van der Waals surface area contributed by atoms with Gasteiger partial charge in [-0.05, 0) is 97.5 Å². The van der Waals surface area contributed by atoms with Gasteiger partial charge in [-0.25, -0.2) is 13.6 Å². The van der Waals surface area contributed by atoms with Crippen LogP contribution < -0.4 is 26.3 Å². The minimum Gasteiger partial charge on any atom is -0.482 e. The molecule has 2 aliphatic heterocycles. The summed E-state index contributed by atoms with van der Waals surface area (Å²) >= 11 is 11.8. The maximum absolute atomic E-state index is 13.2. The van der Waals surface area contributed by atoms with Crippen molar-refractivity contribution in [3.63, 3.8) is 0 Å². The SMILES string of the molecule is CC1(C(O)c2ccc(F)cc2)CCN(C(=O)COc2ccc(Cl)cc2N)CC1.N#CC1(C(O)c2ccc(F)cc2)CCN(C(=O)COc2ccc(Cl)cc2NC(N)=O)CC1. The van der Waals surface area contributed by atoms with Crippen molar-refractivity contribution in [3.05, 3.63) is 118 Å². The Morgan fingerprint density at radius 1 is 0.767 bits per heavy atom. The Balaban J connectivity index is 0.000000230. The molecule has 2 heterocycles. The first-order chi connectivity index (χ1) is 28.5. The Morgan fingerprint density at radius 2 is 1.22 bits per heavy atom. The van der Waals surface area contributed by atoms with E-state index >= 15 is 0 Å². The number of nitrogens with zero attached hydrogens (tertiary/aromatic N) is 3. The molecule has 0 bridgehead atoms. The highest BCUT2D eigenvalue weighted by Crippen LogP contribution is 2.44. The third kappa shape index (κ3) is 11.5. The predicted octanol–water partition coefficient (Wildman–Crippen LogP) is 7.02. The van der Waals surface area contributed by atoms with Crippen molar-refractivity contribution in [1.29, 1.82) is 5.26 Å². The number of carbonyl (C=O) groups excluding carboxylic acids is 3. The summed E-state index contributed by atoms with van der Waals surface area (Å²) in [7, 11) is 0. The number of hydrogen-bond acceptors (Lipinski definition) is 9. The molecule has 13 nitrogen and oxygen atoms in total. The van der Waals surface area contributed by atoms with E-state index in [2.05, 4.69) is 11.4 Å². The molecule has 6 rings (SSSR count). The fraction of sp³-hybridized carbons (Fsp3) is 0.349. The summed E-state index contributed by atoms with van der Waals surface area (Å²) in [5.74, 6) is -0.548. The van der Waals surface area contributed by atoms with Crippen LogP contribution in [-0.2, 0) is 9.59 Å². The first-order valence-electron chi connectivity index (χ1n) is 19.0. The van der Waals surface area contributed by atoms with E-state index in [4.69, 9.17) is 44.1 Å². The van der Waals surface area contributed by atoms with E-state index < -0.39 is 29.5 Å². The van der Waals surface area contributed by atoms with Crippen LogP contribution >= 0.6 is 23.2 Å². The van der Waals surface area contributed by atoms with Gasteiger partial charge in [-0.2, -0.15) is 5.26 Å². The maximum Gasteiger partial charge on any atom is 0.316 e. The molecule has 17 heteroatoms. The minimum atomic E-state index is -1.10. The van der Waals surface area contributed by atoms with E-state index in [1.165, 1.54) is 48.5 Å². The number of nitrogens with one attached hydrogen (secondary N) is 1. The van der Waals surface area contributed by atoms with Gasteiger partial charge in [0.25, 0.3) is 11.8 Å². The number of nitriles is 1. The van der Waals surface area contributed by atoms with Gasteiger partial charge in [-0.3, -0.25) is 9.59 Å². The molecule has 0 spiro atoms. The summed E-state index contributed by atoms with van der Waals surface area (Å²) < 4.78 is 37.4. The number of nitrogen functional groups attached to an aromatic ring is 1. The highest BCUT2D eigenvalue weighted by atomic mass is 35.5. The Hall–Kier alpha value is -5.66. The van der Waals surface area contributed by atoms with Gasteiger partial charge in [0.15, 0.2) is 13.2 Å². The van der Waals surface area contributed by atoms with Gasteiger partial charge in [-0.15, -0.1) is 0 Å². The normalized spacial score (nSPS) is 16.6. The lowest BCUT2D eigenvalue weighted by Gasteiger charge is -2.42. The molecule has 2 unspecified atom stereocenters. The molecular formula is C43H46Cl2F2N6O7. The molecule has 0 saturated carbocycles. The van der Waals surface area contributed by atoms with Crippen LogP contribution in [0.2, 0.25) is 10.0 Å². The Labute approximate surface area is 356 Å². The summed E-state index contributed by atoms with van der Waals surface area (Å²) in [6, 6.07) is 22.1. The van der Waals surface area contributed by atoms with Crippen LogP contribution in [0.15, 0.2) is 84.9 Å². The van der Waals surface area contributed by atoms with Crippen LogP contribution in [0.3, 0.4) is 0 Å². The number of benzene rings is 4. The molecule has 2 saturated heterocycles. The standard InChI is InChI=1S/C22H22ClFN4O4.C21H24ClFN2O3/c23-15-3-6-18(17(11-15)27-21(26)31)32-12-19(29)28-9-7-22(13-25,8-10-28)20(30)14-1-4-16(24)5-2-14;1-21(20(27)14-2-5-16(23)6-3-14)8-10-25(11-9-21)19(26)13-28-18-7-4-15(22)12-17(18)24/h1-6,11,20,30H,7-10,12H2,(H3,26,27,31);2-7,12,20,27H,8-11,13,24H2,1H3. The fourth-order valence-electron chi connectivity index (χ4n) is 7.12. The molecule has 4 amide bonds. The van der Waals surface area contributed by atoms with Gasteiger partial charge >= 0.3 is 6.03 Å². The van der Waals surface area contributed by atoms with Crippen molar-refractivity contribution in [1.82, 2.24) is 9.80 Å². The lowest BCUT2D eigenvalue weighted by atomic mass is 9.73. The first-order valence-corrected chi connectivity index (χ1v) is 19.8. The van der Waals surface area contributed by atoms with Crippen molar-refractivity contribution < 1.29 is 42.9 Å². The van der Waals surface area contributed by atoms with E-state index in [1.807, 2.05) is 6.92 Å². The van der Waals surface area contributed by atoms with Gasteiger partial charge < -0.3 is 46.3 Å². The molecule has 60 heavy (non-hydrogen) atoms. The number of primary amides is 1. The highest BCUT2D eigenvalue weighted by Gasteiger charge is 2.43. The summed E-state index contributed by atoms with van der Waals surface area (Å²) in [5.41, 5.74) is 11.3. The largest absolute Gasteiger partial charge is 0.482 e. The average Bonchev–Trinajstić information content (AvgIpc) is 3.23. The molecule has 2 atom stereocenters. The number of carbonyl (C=O) groups is 3. The number of rotatable bonds is 11. The third-order valence-electron chi connectivity index (χ3n) is 10.9. The second-order valence-corrected chi connectivity index (χ2v) is 15.9. The highest BCUT2D eigenvalue weighted by molar-refractivity contribution is 6.31. The van der Waals surface area contributed by atoms with Gasteiger partial charge in [0.1, 0.15) is 23.1 Å². The predicted molar refractivity (Wildman–Crippen MR) is 222 cm³/mol. The van der Waals surface area contributed by atoms with Gasteiger partial charge in [0.2, 0.25) is 0 Å². The van der Waals surface area contributed by atoms with Crippen molar-refractivity contribution in [2.45, 2.75) is 44.8 Å². The van der Waals surface area contributed by atoms with Crippen LogP contribution in [0.1, 0.15) is 55.9 Å². The van der Waals surface area contributed by atoms with Crippen LogP contribution in [-0.4, -0.2) is 77.3 Å². The summed E-state index contributed by atoms with van der Waals surface area (Å²) in [6.07, 6.45) is -0.0266. The number of piperidine rings is 2. The van der Waals surface area contributed by atoms with Crippen LogP contribution in [0.5, 0.6) is 11.5 Å². The number of likely N-dealkylation sites (tertiary alicyclic amines) is 2. The maximum atomic E-state index is 13.2. The van der Waals surface area contributed by atoms with Crippen LogP contribution in [0, 0.1) is 33.8 Å². The molecule has 0 aliphatic carbocycles. The van der Waals surface area contributed by atoms with E-state index in [0.717, 1.165) is 0 Å². The number of anilines is 2. The Morgan fingerprint density at radius 3 is 1.70 bits per heavy atom. The van der Waals surface area contributed by atoms with E-state index in [1.54, 1.807) is 46.2 Å². The molecule has 0 radical (unpaired) electrons. The van der Waals surface area contributed by atoms with Crippen LogP contribution in [0.4, 0.5) is 25.0 Å². The zero-order valence-electron chi connectivity index (χ0n) is 32.8. The summed E-state index contributed by atoms with van der Waals surface area (Å²) in [6.45, 7) is 3.13. The van der Waals surface area contributed by atoms with E-state index in [0.29, 0.717) is 58.5 Å². The molecule has 318 valence electrons. The Kier molecular flexibility index (Phi) is 15.2. The zero-order chi connectivity index (χ0) is 43.6. The van der Waals surface area contributed by atoms with Gasteiger partial charge in [0, 0.05) is 41.6 Å².